The Hall–Kier alpha value is -2.92. The summed E-state index contributed by atoms with van der Waals surface area (Å²) in [6, 6.07) is 13.5. The predicted molar refractivity (Wildman–Crippen MR) is 91.4 cm³/mol. The zero-order valence-electron chi connectivity index (χ0n) is 13.0. The molecule has 4 rings (SSSR count). The van der Waals surface area contributed by atoms with Crippen molar-refractivity contribution in [3.8, 4) is 22.5 Å². The summed E-state index contributed by atoms with van der Waals surface area (Å²) in [6.45, 7) is 0.674. The lowest BCUT2D eigenvalue weighted by atomic mass is 10.0. The second-order valence-electron chi connectivity index (χ2n) is 5.87. The van der Waals surface area contributed by atoms with Gasteiger partial charge >= 0.3 is 0 Å². The molecule has 0 spiro atoms. The van der Waals surface area contributed by atoms with Gasteiger partial charge in [0, 0.05) is 41.7 Å². The molecule has 0 saturated carbocycles. The van der Waals surface area contributed by atoms with Crippen LogP contribution in [0.4, 0.5) is 0 Å². The van der Waals surface area contributed by atoms with Crippen LogP contribution in [0.1, 0.15) is 21.6 Å². The number of aromatic amines is 1. The summed E-state index contributed by atoms with van der Waals surface area (Å²) in [5.74, 6) is -0.0244. The van der Waals surface area contributed by atoms with Gasteiger partial charge in [0.2, 0.25) is 0 Å². The maximum absolute atomic E-state index is 11.9. The van der Waals surface area contributed by atoms with Gasteiger partial charge in [-0.25, -0.2) is 0 Å². The molecule has 0 unspecified atom stereocenters. The van der Waals surface area contributed by atoms with E-state index >= 15 is 0 Å². The Morgan fingerprint density at radius 2 is 2.04 bits per heavy atom. The summed E-state index contributed by atoms with van der Waals surface area (Å²) in [6.07, 6.45) is 2.58. The highest BCUT2D eigenvalue weighted by molar-refractivity contribution is 5.97. The number of H-pyrrole nitrogens is 1. The molecule has 2 aromatic heterocycles. The Morgan fingerprint density at radius 1 is 1.12 bits per heavy atom. The highest BCUT2D eigenvalue weighted by Gasteiger charge is 2.20. The van der Waals surface area contributed by atoms with E-state index in [2.05, 4.69) is 15.3 Å². The van der Waals surface area contributed by atoms with Crippen molar-refractivity contribution in [1.29, 1.82) is 0 Å². The van der Waals surface area contributed by atoms with Crippen molar-refractivity contribution >= 4 is 5.91 Å². The summed E-state index contributed by atoms with van der Waals surface area (Å²) < 4.78 is 0. The van der Waals surface area contributed by atoms with Crippen molar-refractivity contribution in [2.45, 2.75) is 13.0 Å². The highest BCUT2D eigenvalue weighted by atomic mass is 16.3. The van der Waals surface area contributed by atoms with E-state index in [9.17, 15) is 9.90 Å². The molecule has 1 aromatic carbocycles. The van der Waals surface area contributed by atoms with Crippen LogP contribution in [0.5, 0.6) is 0 Å². The molecule has 0 atom stereocenters. The summed E-state index contributed by atoms with van der Waals surface area (Å²) in [7, 11) is 0. The highest BCUT2D eigenvalue weighted by Crippen LogP contribution is 2.27. The Labute approximate surface area is 139 Å². The minimum absolute atomic E-state index is 0.00594. The van der Waals surface area contributed by atoms with Gasteiger partial charge in [-0.15, -0.1) is 0 Å². The Kier molecular flexibility index (Phi) is 3.63. The quantitative estimate of drug-likeness (QED) is 0.694. The minimum atomic E-state index is -0.0244. The number of pyridine rings is 1. The lowest BCUT2D eigenvalue weighted by molar-refractivity contribution is 0.0946. The van der Waals surface area contributed by atoms with Gasteiger partial charge in [-0.3, -0.25) is 9.78 Å². The molecule has 120 valence electrons. The molecular formula is C19H17N3O2. The smallest absolute Gasteiger partial charge is 0.253 e. The molecule has 3 aromatic rings. The molecule has 1 aliphatic rings. The van der Waals surface area contributed by atoms with Crippen LogP contribution in [0.15, 0.2) is 48.7 Å². The van der Waals surface area contributed by atoms with Gasteiger partial charge in [0.25, 0.3) is 5.91 Å². The number of nitrogens with zero attached hydrogens (tertiary/aromatic N) is 1. The number of amides is 1. The monoisotopic (exact) mass is 319 g/mol. The van der Waals surface area contributed by atoms with Crippen LogP contribution in [0.2, 0.25) is 0 Å². The lowest BCUT2D eigenvalue weighted by Gasteiger charge is -2.11. The maximum atomic E-state index is 11.9. The van der Waals surface area contributed by atoms with Crippen LogP contribution in [-0.4, -0.2) is 27.5 Å². The molecule has 0 saturated heterocycles. The van der Waals surface area contributed by atoms with Gasteiger partial charge in [0.05, 0.1) is 17.9 Å². The van der Waals surface area contributed by atoms with Gasteiger partial charge in [0.1, 0.15) is 0 Å². The van der Waals surface area contributed by atoms with Crippen LogP contribution in [-0.2, 0) is 13.0 Å². The second-order valence-corrected chi connectivity index (χ2v) is 5.87. The van der Waals surface area contributed by atoms with Crippen molar-refractivity contribution in [2.75, 3.05) is 6.54 Å². The molecule has 0 aliphatic carbocycles. The first-order valence-electron chi connectivity index (χ1n) is 7.91. The van der Waals surface area contributed by atoms with Crippen LogP contribution in [0, 0.1) is 0 Å². The van der Waals surface area contributed by atoms with Crippen LogP contribution in [0.25, 0.3) is 22.5 Å². The van der Waals surface area contributed by atoms with Crippen molar-refractivity contribution < 1.29 is 9.90 Å². The van der Waals surface area contributed by atoms with Crippen LogP contribution < -0.4 is 5.32 Å². The molecule has 3 heterocycles. The molecule has 1 amide bonds. The average molecular weight is 319 g/mol. The van der Waals surface area contributed by atoms with E-state index in [1.165, 1.54) is 0 Å². The van der Waals surface area contributed by atoms with Gasteiger partial charge in [-0.1, -0.05) is 18.2 Å². The Bertz CT molecular complexity index is 914. The SMILES string of the molecule is O=C1NCCc2[nH]c(-c3ccnc(-c4cccc(CO)c4)c3)cc21. The lowest BCUT2D eigenvalue weighted by Crippen LogP contribution is -2.31. The van der Waals surface area contributed by atoms with E-state index in [4.69, 9.17) is 0 Å². The van der Waals surface area contributed by atoms with Crippen LogP contribution >= 0.6 is 0 Å². The fraction of sp³-hybridized carbons (Fsp3) is 0.158. The van der Waals surface area contributed by atoms with E-state index in [1.807, 2.05) is 42.5 Å². The third-order valence-electron chi connectivity index (χ3n) is 4.28. The molecule has 0 bridgehead atoms. The summed E-state index contributed by atoms with van der Waals surface area (Å²) in [4.78, 5) is 19.7. The van der Waals surface area contributed by atoms with Gasteiger partial charge in [0.15, 0.2) is 0 Å². The molecule has 3 N–H and O–H groups in total. The number of hydrogen-bond donors (Lipinski definition) is 3. The first-order valence-corrected chi connectivity index (χ1v) is 7.91. The standard InChI is InChI=1S/C19H17N3O2/c23-11-12-2-1-3-13(8-12)17-9-14(4-6-20-17)18-10-15-16(22-18)5-7-21-19(15)24/h1-4,6,8-10,22-23H,5,7,11H2,(H,21,24). The second kappa shape index (κ2) is 5.94. The fourth-order valence-corrected chi connectivity index (χ4v) is 3.03. The van der Waals surface area contributed by atoms with Crippen LogP contribution in [0.3, 0.4) is 0 Å². The fourth-order valence-electron chi connectivity index (χ4n) is 3.03. The predicted octanol–water partition coefficient (Wildman–Crippen LogP) is 2.52. The van der Waals surface area contributed by atoms with Gasteiger partial charge in [-0.2, -0.15) is 0 Å². The maximum Gasteiger partial charge on any atom is 0.253 e. The normalized spacial score (nSPS) is 13.5. The number of aliphatic hydroxyl groups is 1. The molecule has 24 heavy (non-hydrogen) atoms. The first kappa shape index (κ1) is 14.7. The Balaban J connectivity index is 1.74. The zero-order chi connectivity index (χ0) is 16.5. The van der Waals surface area contributed by atoms with Crippen molar-refractivity contribution in [3.05, 3.63) is 65.5 Å². The van der Waals surface area contributed by atoms with Crippen molar-refractivity contribution in [2.24, 2.45) is 0 Å². The molecule has 5 heteroatoms. The van der Waals surface area contributed by atoms with E-state index < -0.39 is 0 Å². The molecule has 0 radical (unpaired) electrons. The van der Waals surface area contributed by atoms with Gasteiger partial charge < -0.3 is 15.4 Å². The number of nitrogens with one attached hydrogen (secondary N) is 2. The van der Waals surface area contributed by atoms with E-state index in [0.29, 0.717) is 6.54 Å². The number of rotatable bonds is 3. The van der Waals surface area contributed by atoms with E-state index in [-0.39, 0.29) is 12.5 Å². The van der Waals surface area contributed by atoms with E-state index in [1.54, 1.807) is 6.20 Å². The summed E-state index contributed by atoms with van der Waals surface area (Å²) in [5, 5.41) is 12.2. The van der Waals surface area contributed by atoms with Crippen molar-refractivity contribution in [3.63, 3.8) is 0 Å². The molecular weight excluding hydrogens is 302 g/mol. The van der Waals surface area contributed by atoms with Crippen molar-refractivity contribution in [1.82, 2.24) is 15.3 Å². The number of benzene rings is 1. The average Bonchev–Trinajstić information content (AvgIpc) is 3.08. The number of aromatic nitrogens is 2. The third-order valence-corrected chi connectivity index (χ3v) is 4.28. The number of hydrogen-bond acceptors (Lipinski definition) is 3. The summed E-state index contributed by atoms with van der Waals surface area (Å²) in [5.41, 5.74) is 6.24. The molecule has 5 nitrogen and oxygen atoms in total. The number of fused-ring (bicyclic) bond motifs is 1. The Morgan fingerprint density at radius 3 is 2.88 bits per heavy atom. The summed E-state index contributed by atoms with van der Waals surface area (Å²) >= 11 is 0. The third kappa shape index (κ3) is 2.59. The number of aliphatic hydroxyl groups excluding tert-OH is 1. The molecule has 0 fully saturated rings. The molecule has 1 aliphatic heterocycles. The topological polar surface area (TPSA) is 78.0 Å². The minimum Gasteiger partial charge on any atom is -0.392 e. The number of carbonyl (C=O) groups is 1. The van der Waals surface area contributed by atoms with Gasteiger partial charge in [-0.05, 0) is 29.8 Å². The largest absolute Gasteiger partial charge is 0.392 e. The number of carbonyl (C=O) groups excluding carboxylic acids is 1. The first-order chi connectivity index (χ1) is 11.7. The zero-order valence-corrected chi connectivity index (χ0v) is 13.0. The van der Waals surface area contributed by atoms with E-state index in [0.717, 1.165) is 45.8 Å².